The maximum atomic E-state index is 10.6. The Balaban J connectivity index is 2.42. The van der Waals surface area contributed by atoms with E-state index in [1.54, 1.807) is 4.90 Å². The predicted molar refractivity (Wildman–Crippen MR) is 33.1 cm³/mol. The first-order valence-electron chi connectivity index (χ1n) is 2.52. The van der Waals surface area contributed by atoms with Gasteiger partial charge in [-0.25, -0.2) is 0 Å². The number of hydrogen-bond donors (Lipinski definition) is 0. The van der Waals surface area contributed by atoms with Crippen LogP contribution in [0.5, 0.6) is 0 Å². The first kappa shape index (κ1) is 5.95. The molecule has 1 aliphatic heterocycles. The van der Waals surface area contributed by atoms with Gasteiger partial charge in [0.2, 0.25) is 5.91 Å². The molecule has 0 spiro atoms. The quantitative estimate of drug-likeness (QED) is 0.516. The van der Waals surface area contributed by atoms with Crippen LogP contribution in [0, 0.1) is 5.88 Å². The third kappa shape index (κ3) is 0.968. The zero-order chi connectivity index (χ0) is 5.98. The molecule has 0 bridgehead atoms. The minimum atomic E-state index is 0.178. The number of nitrogens with zero attached hydrogens (tertiary/aromatic N) is 1. The van der Waals surface area contributed by atoms with Gasteiger partial charge in [0, 0.05) is 6.54 Å². The molecule has 0 saturated carbocycles. The van der Waals surface area contributed by atoms with E-state index in [2.05, 4.69) is 5.88 Å². The highest BCUT2D eigenvalue weighted by Crippen LogP contribution is 2.18. The van der Waals surface area contributed by atoms with Crippen molar-refractivity contribution >= 4 is 17.7 Å². The summed E-state index contributed by atoms with van der Waals surface area (Å²) in [6, 6.07) is 0. The molecule has 44 valence electrons. The molecule has 0 unspecified atom stereocenters. The molecule has 1 saturated heterocycles. The third-order valence-corrected chi connectivity index (χ3v) is 1.73. The monoisotopic (exact) mass is 129 g/mol. The zero-order valence-electron chi connectivity index (χ0n) is 4.68. The van der Waals surface area contributed by atoms with Crippen LogP contribution < -0.4 is 0 Å². The second kappa shape index (κ2) is 2.40. The third-order valence-electron chi connectivity index (χ3n) is 0.988. The van der Waals surface area contributed by atoms with E-state index in [0.717, 1.165) is 6.54 Å². The van der Waals surface area contributed by atoms with Gasteiger partial charge in [0.25, 0.3) is 0 Å². The van der Waals surface area contributed by atoms with Gasteiger partial charge in [0.15, 0.2) is 5.88 Å². The standard InChI is InChI=1S/C5H7NOS/c1-2-6-4-8-3-5(6)7/h2-3H2,1H3. The molecule has 1 aliphatic rings. The maximum Gasteiger partial charge on any atom is 0.233 e. The van der Waals surface area contributed by atoms with Crippen LogP contribution in [0.25, 0.3) is 0 Å². The molecule has 3 heteroatoms. The van der Waals surface area contributed by atoms with Crippen molar-refractivity contribution < 1.29 is 4.79 Å². The first-order chi connectivity index (χ1) is 3.84. The number of carbonyl (C=O) groups is 1. The van der Waals surface area contributed by atoms with Crippen molar-refractivity contribution in [1.82, 2.24) is 4.90 Å². The number of amides is 1. The van der Waals surface area contributed by atoms with E-state index in [9.17, 15) is 4.79 Å². The van der Waals surface area contributed by atoms with Crippen LogP contribution in [-0.2, 0) is 4.79 Å². The summed E-state index contributed by atoms with van der Waals surface area (Å²) in [5, 5.41) is 0. The van der Waals surface area contributed by atoms with Gasteiger partial charge in [-0.3, -0.25) is 4.79 Å². The van der Waals surface area contributed by atoms with E-state index in [0.29, 0.717) is 5.75 Å². The molecule has 0 atom stereocenters. The molecule has 0 N–H and O–H groups in total. The van der Waals surface area contributed by atoms with Gasteiger partial charge in [0.1, 0.15) is 0 Å². The number of rotatable bonds is 1. The van der Waals surface area contributed by atoms with Crippen molar-refractivity contribution in [2.45, 2.75) is 6.92 Å². The van der Waals surface area contributed by atoms with Crippen LogP contribution in [-0.4, -0.2) is 23.1 Å². The summed E-state index contributed by atoms with van der Waals surface area (Å²) in [6.07, 6.45) is 0. The fourth-order valence-electron chi connectivity index (χ4n) is 0.542. The summed E-state index contributed by atoms with van der Waals surface area (Å²) in [4.78, 5) is 12.2. The molecule has 8 heavy (non-hydrogen) atoms. The highest BCUT2D eigenvalue weighted by molar-refractivity contribution is 8.02. The summed E-state index contributed by atoms with van der Waals surface area (Å²) < 4.78 is 0. The summed E-state index contributed by atoms with van der Waals surface area (Å²) in [6.45, 7) is 2.70. The van der Waals surface area contributed by atoms with Crippen molar-refractivity contribution in [3.8, 4) is 0 Å². The first-order valence-corrected chi connectivity index (χ1v) is 3.51. The van der Waals surface area contributed by atoms with Gasteiger partial charge in [0.05, 0.1) is 5.75 Å². The topological polar surface area (TPSA) is 20.3 Å². The fraction of sp³-hybridized carbons (Fsp3) is 0.600. The Kier molecular flexibility index (Phi) is 1.78. The minimum absolute atomic E-state index is 0.178. The Morgan fingerprint density at radius 3 is 3.00 bits per heavy atom. The van der Waals surface area contributed by atoms with E-state index in [-0.39, 0.29) is 5.91 Å². The predicted octanol–water partition coefficient (Wildman–Crippen LogP) is 0.578. The summed E-state index contributed by atoms with van der Waals surface area (Å²) in [5.74, 6) is 3.61. The fourth-order valence-corrected chi connectivity index (χ4v) is 1.27. The molecule has 2 radical (unpaired) electrons. The Bertz CT molecular complexity index is 105. The van der Waals surface area contributed by atoms with Crippen molar-refractivity contribution in [3.05, 3.63) is 5.88 Å². The molecule has 0 aromatic carbocycles. The normalized spacial score (nSPS) is 20.1. The molecular formula is C5H7NOS. The molecule has 1 amide bonds. The van der Waals surface area contributed by atoms with E-state index in [1.165, 1.54) is 11.8 Å². The Labute approximate surface area is 53.2 Å². The Morgan fingerprint density at radius 2 is 2.75 bits per heavy atom. The van der Waals surface area contributed by atoms with E-state index in [4.69, 9.17) is 0 Å². The second-order valence-electron chi connectivity index (χ2n) is 1.52. The zero-order valence-corrected chi connectivity index (χ0v) is 5.49. The molecular weight excluding hydrogens is 122 g/mol. The molecule has 1 rings (SSSR count). The Morgan fingerprint density at radius 1 is 2.00 bits per heavy atom. The molecule has 0 aromatic heterocycles. The van der Waals surface area contributed by atoms with Crippen LogP contribution in [0.4, 0.5) is 0 Å². The maximum absolute atomic E-state index is 10.6. The van der Waals surface area contributed by atoms with Crippen LogP contribution in [0.15, 0.2) is 0 Å². The second-order valence-corrected chi connectivity index (χ2v) is 2.28. The van der Waals surface area contributed by atoms with Crippen molar-refractivity contribution in [3.63, 3.8) is 0 Å². The van der Waals surface area contributed by atoms with Crippen LogP contribution >= 0.6 is 11.8 Å². The lowest BCUT2D eigenvalue weighted by molar-refractivity contribution is -0.125. The molecule has 0 aliphatic carbocycles. The van der Waals surface area contributed by atoms with E-state index < -0.39 is 0 Å². The van der Waals surface area contributed by atoms with Crippen molar-refractivity contribution in [2.24, 2.45) is 0 Å². The summed E-state index contributed by atoms with van der Waals surface area (Å²) >= 11 is 1.44. The Hall–Kier alpha value is -0.180. The SMILES string of the molecule is CCN1[C]SCC1=O. The lowest BCUT2D eigenvalue weighted by Crippen LogP contribution is -2.22. The average molecular weight is 129 g/mol. The van der Waals surface area contributed by atoms with Crippen LogP contribution in [0.1, 0.15) is 6.92 Å². The molecule has 1 heterocycles. The van der Waals surface area contributed by atoms with Crippen molar-refractivity contribution in [1.29, 1.82) is 0 Å². The van der Waals surface area contributed by atoms with Gasteiger partial charge >= 0.3 is 0 Å². The number of carbonyl (C=O) groups excluding carboxylic acids is 1. The van der Waals surface area contributed by atoms with E-state index >= 15 is 0 Å². The minimum Gasteiger partial charge on any atom is -0.321 e. The smallest absolute Gasteiger partial charge is 0.233 e. The largest absolute Gasteiger partial charge is 0.321 e. The average Bonchev–Trinajstić information content (AvgIpc) is 2.14. The highest BCUT2D eigenvalue weighted by Gasteiger charge is 2.19. The summed E-state index contributed by atoms with van der Waals surface area (Å²) in [5.41, 5.74) is 0. The van der Waals surface area contributed by atoms with Gasteiger partial charge in [-0.05, 0) is 6.92 Å². The van der Waals surface area contributed by atoms with Crippen LogP contribution in [0.2, 0.25) is 0 Å². The highest BCUT2D eigenvalue weighted by atomic mass is 32.2. The van der Waals surface area contributed by atoms with Gasteiger partial charge in [-0.15, -0.1) is 11.8 Å². The van der Waals surface area contributed by atoms with Crippen molar-refractivity contribution in [2.75, 3.05) is 12.3 Å². The number of hydrogen-bond acceptors (Lipinski definition) is 2. The summed E-state index contributed by atoms with van der Waals surface area (Å²) in [7, 11) is 0. The van der Waals surface area contributed by atoms with Crippen LogP contribution in [0.3, 0.4) is 0 Å². The lowest BCUT2D eigenvalue weighted by atomic mass is 10.6. The van der Waals surface area contributed by atoms with E-state index in [1.807, 2.05) is 6.92 Å². The lowest BCUT2D eigenvalue weighted by Gasteiger charge is -2.07. The molecule has 2 nitrogen and oxygen atoms in total. The molecule has 1 fully saturated rings. The van der Waals surface area contributed by atoms with Gasteiger partial charge < -0.3 is 4.90 Å². The molecule has 0 aromatic rings. The van der Waals surface area contributed by atoms with Gasteiger partial charge in [-0.1, -0.05) is 0 Å². The van der Waals surface area contributed by atoms with Gasteiger partial charge in [-0.2, -0.15) is 0 Å². The number of thioether (sulfide) groups is 1.